The topological polar surface area (TPSA) is 36.4 Å². The standard InChI is InChI=1S/C18H21N3O/c1-14-3-4-17(15(2)13-14)18(22)21-11-9-20(10-12-21)16-5-7-19-8-6-16/h3-8,13H,9-12H2,1-2H3. The van der Waals surface area contributed by atoms with Crippen LogP contribution in [0, 0.1) is 13.8 Å². The van der Waals surface area contributed by atoms with E-state index in [1.165, 1.54) is 11.3 Å². The van der Waals surface area contributed by atoms with Crippen LogP contribution in [0.4, 0.5) is 5.69 Å². The number of carbonyl (C=O) groups excluding carboxylic acids is 1. The Morgan fingerprint density at radius 1 is 1.00 bits per heavy atom. The Bertz CT molecular complexity index is 661. The van der Waals surface area contributed by atoms with Gasteiger partial charge in [-0.2, -0.15) is 0 Å². The van der Waals surface area contributed by atoms with E-state index < -0.39 is 0 Å². The third-order valence-electron chi connectivity index (χ3n) is 4.21. The highest BCUT2D eigenvalue weighted by Crippen LogP contribution is 2.18. The Labute approximate surface area is 131 Å². The third kappa shape index (κ3) is 2.96. The van der Waals surface area contributed by atoms with Gasteiger partial charge in [-0.05, 0) is 37.6 Å². The lowest BCUT2D eigenvalue weighted by atomic mass is 10.0. The molecule has 1 amide bonds. The van der Waals surface area contributed by atoms with Crippen LogP contribution in [0.1, 0.15) is 21.5 Å². The molecule has 2 aromatic rings. The van der Waals surface area contributed by atoms with Gasteiger partial charge in [0, 0.05) is 49.8 Å². The van der Waals surface area contributed by atoms with Crippen molar-refractivity contribution in [2.75, 3.05) is 31.1 Å². The van der Waals surface area contributed by atoms with Gasteiger partial charge in [-0.15, -0.1) is 0 Å². The second kappa shape index (κ2) is 6.18. The van der Waals surface area contributed by atoms with Crippen molar-refractivity contribution >= 4 is 11.6 Å². The Hall–Kier alpha value is -2.36. The van der Waals surface area contributed by atoms with Crippen molar-refractivity contribution in [2.45, 2.75) is 13.8 Å². The van der Waals surface area contributed by atoms with Gasteiger partial charge in [0.1, 0.15) is 0 Å². The number of hydrogen-bond donors (Lipinski definition) is 0. The largest absolute Gasteiger partial charge is 0.368 e. The van der Waals surface area contributed by atoms with Crippen LogP contribution >= 0.6 is 0 Å². The lowest BCUT2D eigenvalue weighted by Gasteiger charge is -2.36. The van der Waals surface area contributed by atoms with Gasteiger partial charge < -0.3 is 9.80 Å². The average molecular weight is 295 g/mol. The maximum Gasteiger partial charge on any atom is 0.254 e. The second-order valence-electron chi connectivity index (χ2n) is 5.80. The Kier molecular flexibility index (Phi) is 4.09. The summed E-state index contributed by atoms with van der Waals surface area (Å²) in [6.07, 6.45) is 3.62. The minimum Gasteiger partial charge on any atom is -0.368 e. The summed E-state index contributed by atoms with van der Waals surface area (Å²) >= 11 is 0. The summed E-state index contributed by atoms with van der Waals surface area (Å²) in [6, 6.07) is 10.1. The molecule has 4 heteroatoms. The first kappa shape index (κ1) is 14.6. The molecule has 1 aromatic carbocycles. The number of aryl methyl sites for hydroxylation is 2. The first-order valence-corrected chi connectivity index (χ1v) is 7.66. The van der Waals surface area contributed by atoms with E-state index in [-0.39, 0.29) is 5.91 Å². The summed E-state index contributed by atoms with van der Waals surface area (Å²) in [5.74, 6) is 0.145. The number of anilines is 1. The van der Waals surface area contributed by atoms with Crippen molar-refractivity contribution in [3.8, 4) is 0 Å². The summed E-state index contributed by atoms with van der Waals surface area (Å²) in [5.41, 5.74) is 4.25. The van der Waals surface area contributed by atoms with Crippen molar-refractivity contribution < 1.29 is 4.79 Å². The molecular formula is C18H21N3O. The summed E-state index contributed by atoms with van der Waals surface area (Å²) in [7, 11) is 0. The molecule has 0 N–H and O–H groups in total. The Morgan fingerprint density at radius 3 is 2.32 bits per heavy atom. The molecule has 1 saturated heterocycles. The van der Waals surface area contributed by atoms with E-state index in [9.17, 15) is 4.79 Å². The van der Waals surface area contributed by atoms with Crippen LogP contribution in [-0.4, -0.2) is 42.0 Å². The highest BCUT2D eigenvalue weighted by atomic mass is 16.2. The zero-order valence-electron chi connectivity index (χ0n) is 13.1. The molecule has 4 nitrogen and oxygen atoms in total. The molecule has 114 valence electrons. The van der Waals surface area contributed by atoms with Gasteiger partial charge in [-0.25, -0.2) is 0 Å². The molecule has 0 saturated carbocycles. The van der Waals surface area contributed by atoms with Gasteiger partial charge in [0.2, 0.25) is 0 Å². The van der Waals surface area contributed by atoms with E-state index in [0.29, 0.717) is 0 Å². The van der Waals surface area contributed by atoms with Crippen molar-refractivity contribution in [3.63, 3.8) is 0 Å². The van der Waals surface area contributed by atoms with Crippen molar-refractivity contribution in [2.24, 2.45) is 0 Å². The molecule has 2 heterocycles. The van der Waals surface area contributed by atoms with Gasteiger partial charge >= 0.3 is 0 Å². The number of aromatic nitrogens is 1. The highest BCUT2D eigenvalue weighted by Gasteiger charge is 2.23. The van der Waals surface area contributed by atoms with Gasteiger partial charge in [0.15, 0.2) is 0 Å². The molecule has 0 spiro atoms. The van der Waals surface area contributed by atoms with Crippen LogP contribution < -0.4 is 4.90 Å². The average Bonchev–Trinajstić information content (AvgIpc) is 2.55. The van der Waals surface area contributed by atoms with Crippen molar-refractivity contribution in [1.82, 2.24) is 9.88 Å². The van der Waals surface area contributed by atoms with E-state index in [1.807, 2.05) is 48.5 Å². The highest BCUT2D eigenvalue weighted by molar-refractivity contribution is 5.95. The molecule has 3 rings (SSSR count). The normalized spacial score (nSPS) is 15.0. The quantitative estimate of drug-likeness (QED) is 0.854. The molecule has 1 aliphatic heterocycles. The monoisotopic (exact) mass is 295 g/mol. The van der Waals surface area contributed by atoms with Gasteiger partial charge in [0.05, 0.1) is 0 Å². The summed E-state index contributed by atoms with van der Waals surface area (Å²) < 4.78 is 0. The number of carbonyl (C=O) groups is 1. The van der Waals surface area contributed by atoms with Crippen molar-refractivity contribution in [3.05, 3.63) is 59.4 Å². The van der Waals surface area contributed by atoms with E-state index in [0.717, 1.165) is 37.3 Å². The number of amides is 1. The van der Waals surface area contributed by atoms with Crippen molar-refractivity contribution in [1.29, 1.82) is 0 Å². The molecule has 0 aliphatic carbocycles. The summed E-state index contributed by atoms with van der Waals surface area (Å²) in [5, 5.41) is 0. The molecular weight excluding hydrogens is 274 g/mol. The van der Waals surface area contributed by atoms with Crippen LogP contribution in [0.2, 0.25) is 0 Å². The zero-order valence-corrected chi connectivity index (χ0v) is 13.1. The number of rotatable bonds is 2. The fourth-order valence-corrected chi connectivity index (χ4v) is 2.95. The first-order valence-electron chi connectivity index (χ1n) is 7.66. The van der Waals surface area contributed by atoms with Crippen LogP contribution in [0.5, 0.6) is 0 Å². The molecule has 0 radical (unpaired) electrons. The van der Waals surface area contributed by atoms with Gasteiger partial charge in [0.25, 0.3) is 5.91 Å². The van der Waals surface area contributed by atoms with Gasteiger partial charge in [-0.1, -0.05) is 17.7 Å². The van der Waals surface area contributed by atoms with E-state index in [4.69, 9.17) is 0 Å². The SMILES string of the molecule is Cc1ccc(C(=O)N2CCN(c3ccncc3)CC2)c(C)c1. The minimum absolute atomic E-state index is 0.145. The van der Waals surface area contributed by atoms with E-state index in [1.54, 1.807) is 0 Å². The van der Waals surface area contributed by atoms with Crippen LogP contribution in [-0.2, 0) is 0 Å². The third-order valence-corrected chi connectivity index (χ3v) is 4.21. The van der Waals surface area contributed by atoms with Crippen LogP contribution in [0.3, 0.4) is 0 Å². The Balaban J connectivity index is 1.67. The number of hydrogen-bond acceptors (Lipinski definition) is 3. The Morgan fingerprint density at radius 2 is 1.68 bits per heavy atom. The predicted octanol–water partition coefficient (Wildman–Crippen LogP) is 2.66. The lowest BCUT2D eigenvalue weighted by molar-refractivity contribution is 0.0746. The van der Waals surface area contributed by atoms with Gasteiger partial charge in [-0.3, -0.25) is 9.78 Å². The van der Waals surface area contributed by atoms with E-state index >= 15 is 0 Å². The fourth-order valence-electron chi connectivity index (χ4n) is 2.95. The molecule has 0 atom stereocenters. The van der Waals surface area contributed by atoms with Crippen LogP contribution in [0.15, 0.2) is 42.7 Å². The molecule has 22 heavy (non-hydrogen) atoms. The number of benzene rings is 1. The minimum atomic E-state index is 0.145. The summed E-state index contributed by atoms with van der Waals surface area (Å²) in [6.45, 7) is 7.30. The molecule has 0 bridgehead atoms. The maximum atomic E-state index is 12.7. The number of nitrogens with zero attached hydrogens (tertiary/aromatic N) is 3. The zero-order chi connectivity index (χ0) is 15.5. The van der Waals surface area contributed by atoms with E-state index in [2.05, 4.69) is 22.9 Å². The lowest BCUT2D eigenvalue weighted by Crippen LogP contribution is -2.48. The van der Waals surface area contributed by atoms with Crippen LogP contribution in [0.25, 0.3) is 0 Å². The molecule has 1 fully saturated rings. The fraction of sp³-hybridized carbons (Fsp3) is 0.333. The molecule has 0 unspecified atom stereocenters. The smallest absolute Gasteiger partial charge is 0.254 e. The second-order valence-corrected chi connectivity index (χ2v) is 5.80. The first-order chi connectivity index (χ1) is 10.6. The number of pyridine rings is 1. The molecule has 1 aromatic heterocycles. The summed E-state index contributed by atoms with van der Waals surface area (Å²) in [4.78, 5) is 21.0. The number of piperazine rings is 1. The maximum absolute atomic E-state index is 12.7. The molecule has 1 aliphatic rings. The predicted molar refractivity (Wildman–Crippen MR) is 88.3 cm³/mol.